The molecule has 8 nitrogen and oxygen atoms in total. The number of phenolic OH excluding ortho intramolecular Hbond substituents is 4. The van der Waals surface area contributed by atoms with Gasteiger partial charge in [-0.05, 0) is 153 Å². The van der Waals surface area contributed by atoms with E-state index in [2.05, 4.69) is 107 Å². The van der Waals surface area contributed by atoms with Crippen LogP contribution in [0.5, 0.6) is 23.0 Å². The van der Waals surface area contributed by atoms with E-state index in [1.165, 1.54) is 0 Å². The summed E-state index contributed by atoms with van der Waals surface area (Å²) in [5.74, 6) is 0.695. The molecule has 1 aliphatic rings. The lowest BCUT2D eigenvalue weighted by Gasteiger charge is -2.23. The van der Waals surface area contributed by atoms with Crippen LogP contribution >= 0.6 is 0 Å². The van der Waals surface area contributed by atoms with Crippen molar-refractivity contribution in [3.8, 4) is 23.0 Å². The number of aromatic hydroxyl groups is 4. The van der Waals surface area contributed by atoms with E-state index in [9.17, 15) is 20.4 Å². The molecule has 7 rings (SSSR count). The summed E-state index contributed by atoms with van der Waals surface area (Å²) in [5, 5.41) is 47.4. The summed E-state index contributed by atoms with van der Waals surface area (Å²) < 4.78 is 0. The first-order valence-corrected chi connectivity index (χ1v) is 24.7. The summed E-state index contributed by atoms with van der Waals surface area (Å²) >= 11 is 0. The van der Waals surface area contributed by atoms with Crippen LogP contribution in [0.15, 0.2) is 117 Å². The van der Waals surface area contributed by atoms with Crippen LogP contribution in [0.4, 0.5) is 22.7 Å². The Bertz CT molecular complexity index is 2610. The zero-order chi connectivity index (χ0) is 50.8. The van der Waals surface area contributed by atoms with Crippen molar-refractivity contribution < 1.29 is 20.4 Å². The molecule has 0 saturated carbocycles. The smallest absolute Gasteiger partial charge is 0.127 e. The largest absolute Gasteiger partial charge is 0.507 e. The minimum Gasteiger partial charge on any atom is -0.507 e. The number of hydrogen-bond donors (Lipinski definition) is 4. The van der Waals surface area contributed by atoms with E-state index < -0.39 is 0 Å². The molecule has 6 aromatic rings. The molecule has 8 heteroatoms. The number of benzene rings is 6. The van der Waals surface area contributed by atoms with Gasteiger partial charge < -0.3 is 20.4 Å². The molecular weight excluding hydrogens is 865 g/mol. The van der Waals surface area contributed by atoms with Crippen LogP contribution in [-0.2, 0) is 47.3 Å². The molecule has 1 heterocycles. The highest BCUT2D eigenvalue weighted by atomic mass is 16.3. The summed E-state index contributed by atoms with van der Waals surface area (Å²) in [6.45, 7) is 25.9. The maximum Gasteiger partial charge on any atom is 0.127 e. The number of rotatable bonds is 0. The van der Waals surface area contributed by atoms with Crippen molar-refractivity contribution in [2.45, 2.75) is 143 Å². The first kappa shape index (κ1) is 51.1. The third-order valence-corrected chi connectivity index (χ3v) is 13.3. The lowest BCUT2D eigenvalue weighted by molar-refractivity contribution is 0.460. The van der Waals surface area contributed by atoms with Gasteiger partial charge in [0, 0.05) is 47.1 Å². The number of fused-ring (bicyclic) bond motifs is 10. The Labute approximate surface area is 416 Å². The zero-order valence-electron chi connectivity index (χ0n) is 43.4. The van der Waals surface area contributed by atoms with Crippen LogP contribution in [0.25, 0.3) is 0 Å². The fourth-order valence-corrected chi connectivity index (χ4v) is 8.62. The summed E-state index contributed by atoms with van der Waals surface area (Å²) in [6, 6.07) is 31.6. The number of nitrogens with zero attached hydrogens (tertiary/aromatic N) is 4. The topological polar surface area (TPSA) is 130 Å². The standard InChI is InChI=1S/C62H72N4O4/c1-59(2,3)47-27-39-19-17-20-40-28-48(60(4,5)6)32-44(56(40)68)37-65-53-25-15-16-26-54(53)66-38-46-34-50(62(10,11)12)30-42(58(46)70)22-18-21-41-29-49(61(7,8)9)33-45(57(41)69)36-64-52-24-14-13-23-51(52)63-35-43(31-47)55(39)67/h13-16,23-38,67-70H,17-22H2,1-12H3. The molecular formula is C62H72N4O4. The number of aliphatic imine (C=N–C) groups is 4. The Morgan fingerprint density at radius 1 is 0.314 bits per heavy atom. The molecule has 0 spiro atoms. The van der Waals surface area contributed by atoms with E-state index in [-0.39, 0.29) is 44.7 Å². The van der Waals surface area contributed by atoms with Crippen LogP contribution in [0.1, 0.15) is 163 Å². The zero-order valence-corrected chi connectivity index (χ0v) is 43.4. The maximum absolute atomic E-state index is 11.9. The van der Waals surface area contributed by atoms with Gasteiger partial charge in [-0.2, -0.15) is 0 Å². The average molecular weight is 937 g/mol. The molecule has 364 valence electrons. The normalized spacial score (nSPS) is 14.2. The summed E-state index contributed by atoms with van der Waals surface area (Å²) in [7, 11) is 0. The molecule has 0 amide bonds. The molecule has 0 radical (unpaired) electrons. The van der Waals surface area contributed by atoms with E-state index >= 15 is 0 Å². The monoisotopic (exact) mass is 937 g/mol. The predicted octanol–water partition coefficient (Wildman–Crippen LogP) is 15.4. The van der Waals surface area contributed by atoms with Gasteiger partial charge in [-0.3, -0.25) is 20.0 Å². The Morgan fingerprint density at radius 3 is 0.700 bits per heavy atom. The number of hydrogen-bond acceptors (Lipinski definition) is 8. The molecule has 0 saturated heterocycles. The van der Waals surface area contributed by atoms with Crippen LogP contribution in [0.3, 0.4) is 0 Å². The van der Waals surface area contributed by atoms with E-state index in [1.807, 2.05) is 72.8 Å². The molecule has 0 aromatic heterocycles. The van der Waals surface area contributed by atoms with Crippen molar-refractivity contribution >= 4 is 47.6 Å². The first-order valence-electron chi connectivity index (χ1n) is 24.7. The van der Waals surface area contributed by atoms with Gasteiger partial charge in [-0.25, -0.2) is 0 Å². The lowest BCUT2D eigenvalue weighted by Crippen LogP contribution is -2.13. The maximum atomic E-state index is 11.9. The van der Waals surface area contributed by atoms with Crippen molar-refractivity contribution in [3.63, 3.8) is 0 Å². The van der Waals surface area contributed by atoms with Crippen LogP contribution < -0.4 is 0 Å². The fraction of sp³-hybridized carbons (Fsp3) is 0.355. The van der Waals surface area contributed by atoms with Crippen molar-refractivity contribution in [2.24, 2.45) is 20.0 Å². The predicted molar refractivity (Wildman–Crippen MR) is 293 cm³/mol. The minimum atomic E-state index is -0.202. The Balaban J connectivity index is 1.37. The molecule has 4 N–H and O–H groups in total. The van der Waals surface area contributed by atoms with Gasteiger partial charge in [0.05, 0.1) is 22.7 Å². The third kappa shape index (κ3) is 12.1. The molecule has 6 aromatic carbocycles. The lowest BCUT2D eigenvalue weighted by atomic mass is 9.83. The van der Waals surface area contributed by atoms with E-state index in [0.29, 0.717) is 83.5 Å². The van der Waals surface area contributed by atoms with Crippen LogP contribution in [0, 0.1) is 0 Å². The highest BCUT2D eigenvalue weighted by Crippen LogP contribution is 2.39. The summed E-state index contributed by atoms with van der Waals surface area (Å²) in [4.78, 5) is 19.6. The Kier molecular flexibility index (Phi) is 14.8. The minimum absolute atomic E-state index is 0.174. The first-order chi connectivity index (χ1) is 32.9. The number of phenols is 4. The number of aryl methyl sites for hydroxylation is 4. The molecule has 70 heavy (non-hydrogen) atoms. The second-order valence-corrected chi connectivity index (χ2v) is 23.0. The number of para-hydroxylation sites is 4. The van der Waals surface area contributed by atoms with Crippen LogP contribution in [0.2, 0.25) is 0 Å². The van der Waals surface area contributed by atoms with Crippen molar-refractivity contribution in [1.82, 2.24) is 0 Å². The van der Waals surface area contributed by atoms with Gasteiger partial charge in [0.1, 0.15) is 23.0 Å². The summed E-state index contributed by atoms with van der Waals surface area (Å²) in [5.41, 5.74) is 11.6. The quantitative estimate of drug-likeness (QED) is 0.121. The Hall–Kier alpha value is -6.80. The third-order valence-electron chi connectivity index (χ3n) is 13.3. The summed E-state index contributed by atoms with van der Waals surface area (Å²) in [6.07, 6.45) is 10.5. The van der Waals surface area contributed by atoms with Gasteiger partial charge in [-0.15, -0.1) is 0 Å². The van der Waals surface area contributed by atoms with Crippen molar-refractivity contribution in [2.75, 3.05) is 0 Å². The van der Waals surface area contributed by atoms with Gasteiger partial charge in [0.2, 0.25) is 0 Å². The van der Waals surface area contributed by atoms with Crippen molar-refractivity contribution in [3.05, 3.63) is 164 Å². The van der Waals surface area contributed by atoms with E-state index in [4.69, 9.17) is 20.0 Å². The molecule has 0 fully saturated rings. The molecule has 0 unspecified atom stereocenters. The van der Waals surface area contributed by atoms with Gasteiger partial charge >= 0.3 is 0 Å². The second kappa shape index (κ2) is 20.3. The van der Waals surface area contributed by atoms with Gasteiger partial charge in [0.25, 0.3) is 0 Å². The molecule has 0 atom stereocenters. The van der Waals surface area contributed by atoms with Crippen molar-refractivity contribution in [1.29, 1.82) is 0 Å². The van der Waals surface area contributed by atoms with E-state index in [0.717, 1.165) is 44.5 Å². The average Bonchev–Trinajstić information content (AvgIpc) is 3.28. The van der Waals surface area contributed by atoms with Crippen LogP contribution in [-0.4, -0.2) is 45.3 Å². The highest BCUT2D eigenvalue weighted by Gasteiger charge is 2.23. The van der Waals surface area contributed by atoms with E-state index in [1.54, 1.807) is 24.9 Å². The van der Waals surface area contributed by atoms with Gasteiger partial charge in [-0.1, -0.05) is 132 Å². The molecule has 1 aliphatic heterocycles. The highest BCUT2D eigenvalue weighted by molar-refractivity contribution is 5.92. The fourth-order valence-electron chi connectivity index (χ4n) is 8.62. The molecule has 0 aliphatic carbocycles. The van der Waals surface area contributed by atoms with Gasteiger partial charge in [0.15, 0.2) is 0 Å². The Morgan fingerprint density at radius 2 is 0.514 bits per heavy atom. The second-order valence-electron chi connectivity index (χ2n) is 23.0. The molecule has 8 bridgehead atoms. The SMILES string of the molecule is CC(C)(C)c1cc2c(O)c(c1)CCCc1cc(C(C)(C)C)cc(c1O)C=Nc1ccccc1N=Cc1cc(C(C)(C)C)cc(c1O)CCCc1cc(C(C)(C)C)cc(c1O)C=Nc1ccccc1N=C2.